The van der Waals surface area contributed by atoms with Crippen molar-refractivity contribution in [1.29, 1.82) is 0 Å². The number of methoxy groups -OCH3 is 1. The highest BCUT2D eigenvalue weighted by Crippen LogP contribution is 2.31. The Hall–Kier alpha value is -3.69. The molecule has 1 aromatic heterocycles. The van der Waals surface area contributed by atoms with Gasteiger partial charge < -0.3 is 4.74 Å². The summed E-state index contributed by atoms with van der Waals surface area (Å²) in [6.45, 7) is 3.57. The molecule has 9 heteroatoms. The van der Waals surface area contributed by atoms with Crippen LogP contribution in [0.5, 0.6) is 5.75 Å². The minimum atomic E-state index is -3.89. The van der Waals surface area contributed by atoms with E-state index in [0.29, 0.717) is 28.1 Å². The molecular weight excluding hydrogens is 442 g/mol. The maximum atomic E-state index is 13.5. The molecule has 0 fully saturated rings. The minimum absolute atomic E-state index is 0.130. The van der Waals surface area contributed by atoms with E-state index in [2.05, 4.69) is 4.98 Å². The Kier molecular flexibility index (Phi) is 7.47. The van der Waals surface area contributed by atoms with Crippen LogP contribution in [0.2, 0.25) is 0 Å². The second kappa shape index (κ2) is 10.3. The molecule has 0 aliphatic heterocycles. The van der Waals surface area contributed by atoms with Crippen LogP contribution in [-0.2, 0) is 14.8 Å². The number of pyridine rings is 1. The predicted octanol–water partition coefficient (Wildman–Crippen LogP) is 3.63. The Balaban J connectivity index is 2.11. The van der Waals surface area contributed by atoms with Crippen LogP contribution in [0.4, 0.5) is 5.69 Å². The second-order valence-electron chi connectivity index (χ2n) is 7.40. The number of hydrogen-bond acceptors (Lipinski definition) is 6. The van der Waals surface area contributed by atoms with Gasteiger partial charge in [-0.25, -0.2) is 13.9 Å². The van der Waals surface area contributed by atoms with Gasteiger partial charge in [0.25, 0.3) is 15.9 Å². The third kappa shape index (κ3) is 5.39. The monoisotopic (exact) mass is 467 g/mol. The lowest BCUT2D eigenvalue weighted by Gasteiger charge is -2.29. The zero-order valence-electron chi connectivity index (χ0n) is 18.5. The fourth-order valence-corrected chi connectivity index (χ4v) is 5.06. The number of hydroxylamine groups is 1. The van der Waals surface area contributed by atoms with Crippen molar-refractivity contribution in [1.82, 2.24) is 10.5 Å². The fourth-order valence-electron chi connectivity index (χ4n) is 3.41. The zero-order valence-corrected chi connectivity index (χ0v) is 19.3. The first kappa shape index (κ1) is 24.0. The lowest BCUT2D eigenvalue weighted by Crippen LogP contribution is -2.37. The first-order chi connectivity index (χ1) is 15.8. The number of sulfonamides is 1. The SMILES string of the molecule is COc1ccc(S(=O)(=O)N(c2cccc(/C(=C/C(=O)NO)c3cccnc3)c2)C(C)C)cc1. The van der Waals surface area contributed by atoms with Gasteiger partial charge in [0.2, 0.25) is 0 Å². The second-order valence-corrected chi connectivity index (χ2v) is 9.21. The summed E-state index contributed by atoms with van der Waals surface area (Å²) in [5.74, 6) is -0.161. The summed E-state index contributed by atoms with van der Waals surface area (Å²) in [6.07, 6.45) is 4.41. The molecule has 2 N–H and O–H groups in total. The maximum Gasteiger partial charge on any atom is 0.267 e. The standard InChI is InChI=1S/C24H25N3O5S/c1-17(2)27(33(30,31)22-11-9-21(32-3)10-12-22)20-8-4-6-18(14-20)23(15-24(28)26-29)19-7-5-13-25-16-19/h4-17,29H,1-3H3,(H,26,28)/b23-15-. The van der Waals surface area contributed by atoms with Gasteiger partial charge in [-0.15, -0.1) is 0 Å². The van der Waals surface area contributed by atoms with E-state index in [9.17, 15) is 13.2 Å². The number of hydrogen-bond donors (Lipinski definition) is 2. The lowest BCUT2D eigenvalue weighted by atomic mass is 9.98. The highest BCUT2D eigenvalue weighted by atomic mass is 32.2. The van der Waals surface area contributed by atoms with Crippen LogP contribution in [0.15, 0.2) is 84.0 Å². The number of nitrogens with one attached hydrogen (secondary N) is 1. The number of ether oxygens (including phenoxy) is 1. The van der Waals surface area contributed by atoms with Crippen molar-refractivity contribution in [2.24, 2.45) is 0 Å². The fraction of sp³-hybridized carbons (Fsp3) is 0.167. The molecule has 0 saturated carbocycles. The molecule has 8 nitrogen and oxygen atoms in total. The molecule has 0 spiro atoms. The van der Waals surface area contributed by atoms with Gasteiger partial charge in [-0.3, -0.25) is 19.3 Å². The van der Waals surface area contributed by atoms with Crippen LogP contribution in [0.1, 0.15) is 25.0 Å². The largest absolute Gasteiger partial charge is 0.497 e. The minimum Gasteiger partial charge on any atom is -0.497 e. The van der Waals surface area contributed by atoms with Gasteiger partial charge in [-0.2, -0.15) is 0 Å². The Morgan fingerprint density at radius 1 is 1.09 bits per heavy atom. The first-order valence-electron chi connectivity index (χ1n) is 10.1. The molecule has 0 unspecified atom stereocenters. The van der Waals surface area contributed by atoms with Gasteiger partial charge >= 0.3 is 0 Å². The normalized spacial score (nSPS) is 11.8. The molecule has 0 aliphatic carbocycles. The number of benzene rings is 2. The van der Waals surface area contributed by atoms with E-state index in [1.807, 2.05) is 0 Å². The summed E-state index contributed by atoms with van der Waals surface area (Å²) in [6, 6.07) is 16.1. The van der Waals surface area contributed by atoms with Crippen LogP contribution in [0, 0.1) is 0 Å². The van der Waals surface area contributed by atoms with Crippen LogP contribution in [0.25, 0.3) is 5.57 Å². The smallest absolute Gasteiger partial charge is 0.267 e. The average Bonchev–Trinajstić information content (AvgIpc) is 2.82. The molecule has 0 aliphatic rings. The van der Waals surface area contributed by atoms with Crippen molar-refractivity contribution in [2.45, 2.75) is 24.8 Å². The van der Waals surface area contributed by atoms with Gasteiger partial charge in [-0.05, 0) is 67.4 Å². The molecule has 1 heterocycles. The van der Waals surface area contributed by atoms with Gasteiger partial charge in [0, 0.05) is 30.1 Å². The van der Waals surface area contributed by atoms with E-state index in [1.54, 1.807) is 80.3 Å². The molecule has 0 saturated heterocycles. The maximum absolute atomic E-state index is 13.5. The molecule has 3 aromatic rings. The molecule has 0 atom stereocenters. The first-order valence-corrected chi connectivity index (χ1v) is 11.6. The summed E-state index contributed by atoms with van der Waals surface area (Å²) in [5, 5.41) is 9.01. The summed E-state index contributed by atoms with van der Waals surface area (Å²) in [5.41, 5.74) is 3.71. The van der Waals surface area contributed by atoms with Crippen molar-refractivity contribution in [2.75, 3.05) is 11.4 Å². The van der Waals surface area contributed by atoms with E-state index in [4.69, 9.17) is 9.94 Å². The van der Waals surface area contributed by atoms with Gasteiger partial charge in [-0.1, -0.05) is 18.2 Å². The molecule has 33 heavy (non-hydrogen) atoms. The Morgan fingerprint density at radius 3 is 2.36 bits per heavy atom. The molecule has 1 amide bonds. The summed E-state index contributed by atoms with van der Waals surface area (Å²) in [7, 11) is -2.37. The predicted molar refractivity (Wildman–Crippen MR) is 125 cm³/mol. The number of carbonyl (C=O) groups excluding carboxylic acids is 1. The van der Waals surface area contributed by atoms with Gasteiger partial charge in [0.1, 0.15) is 5.75 Å². The highest BCUT2D eigenvalue weighted by Gasteiger charge is 2.28. The van der Waals surface area contributed by atoms with Gasteiger partial charge in [0.05, 0.1) is 17.7 Å². The van der Waals surface area contributed by atoms with Crippen molar-refractivity contribution < 1.29 is 23.2 Å². The number of rotatable bonds is 8. The van der Waals surface area contributed by atoms with Crippen molar-refractivity contribution in [3.05, 3.63) is 90.3 Å². The molecule has 0 radical (unpaired) electrons. The van der Waals surface area contributed by atoms with Crippen molar-refractivity contribution in [3.63, 3.8) is 0 Å². The summed E-state index contributed by atoms with van der Waals surface area (Å²) < 4.78 is 33.5. The molecule has 172 valence electrons. The van der Waals surface area contributed by atoms with E-state index in [1.165, 1.54) is 29.6 Å². The van der Waals surface area contributed by atoms with E-state index in [0.717, 1.165) is 0 Å². The summed E-state index contributed by atoms with van der Waals surface area (Å²) in [4.78, 5) is 16.1. The number of anilines is 1. The van der Waals surface area contributed by atoms with Crippen LogP contribution < -0.4 is 14.5 Å². The molecular formula is C24H25N3O5S. The molecule has 2 aromatic carbocycles. The Bertz CT molecular complexity index is 1240. The number of aromatic nitrogens is 1. The molecule has 3 rings (SSSR count). The van der Waals surface area contributed by atoms with E-state index >= 15 is 0 Å². The summed E-state index contributed by atoms with van der Waals surface area (Å²) >= 11 is 0. The number of amides is 1. The number of carbonyl (C=O) groups is 1. The highest BCUT2D eigenvalue weighted by molar-refractivity contribution is 7.92. The molecule has 0 bridgehead atoms. The van der Waals surface area contributed by atoms with Crippen LogP contribution in [0.3, 0.4) is 0 Å². The zero-order chi connectivity index (χ0) is 24.0. The van der Waals surface area contributed by atoms with Crippen molar-refractivity contribution >= 4 is 27.2 Å². The van der Waals surface area contributed by atoms with Crippen molar-refractivity contribution in [3.8, 4) is 5.75 Å². The van der Waals surface area contributed by atoms with E-state index in [-0.39, 0.29) is 10.9 Å². The Morgan fingerprint density at radius 2 is 1.79 bits per heavy atom. The quantitative estimate of drug-likeness (QED) is 0.298. The van der Waals surface area contributed by atoms with E-state index < -0.39 is 15.9 Å². The third-order valence-corrected chi connectivity index (χ3v) is 6.87. The average molecular weight is 468 g/mol. The van der Waals surface area contributed by atoms with Crippen LogP contribution in [-0.4, -0.2) is 37.7 Å². The van der Waals surface area contributed by atoms with Gasteiger partial charge in [0.15, 0.2) is 0 Å². The topological polar surface area (TPSA) is 109 Å². The number of nitrogens with zero attached hydrogens (tertiary/aromatic N) is 2. The lowest BCUT2D eigenvalue weighted by molar-refractivity contribution is -0.124. The third-order valence-electron chi connectivity index (χ3n) is 4.86. The Labute approximate surface area is 193 Å². The van der Waals surface area contributed by atoms with Crippen LogP contribution >= 0.6 is 0 Å².